The normalized spacial score (nSPS) is 13.8. The van der Waals surface area contributed by atoms with Crippen molar-refractivity contribution in [3.8, 4) is 11.4 Å². The van der Waals surface area contributed by atoms with Crippen molar-refractivity contribution in [2.24, 2.45) is 11.8 Å². The number of allylic oxidation sites excluding steroid dienone is 4. The molecular formula is C32H35N5. The summed E-state index contributed by atoms with van der Waals surface area (Å²) >= 11 is 0. The van der Waals surface area contributed by atoms with Crippen LogP contribution in [0.15, 0.2) is 97.4 Å². The van der Waals surface area contributed by atoms with Crippen LogP contribution >= 0.6 is 0 Å². The number of imidazole rings is 1. The SMILES string of the molecule is CCC(/C=C(\C(=C\C(C)C)n1ccnc1-c1ccccc1)C(C)C)n1c2ccncc2c2cnccc21. The minimum atomic E-state index is 0.168. The van der Waals surface area contributed by atoms with Gasteiger partial charge in [-0.25, -0.2) is 4.98 Å². The van der Waals surface area contributed by atoms with Crippen LogP contribution in [0.3, 0.4) is 0 Å². The van der Waals surface area contributed by atoms with Crippen LogP contribution in [-0.2, 0) is 0 Å². The van der Waals surface area contributed by atoms with Crippen molar-refractivity contribution in [2.45, 2.75) is 47.1 Å². The lowest BCUT2D eigenvalue weighted by Gasteiger charge is -2.24. The van der Waals surface area contributed by atoms with Crippen molar-refractivity contribution in [3.63, 3.8) is 0 Å². The zero-order valence-electron chi connectivity index (χ0n) is 22.3. The van der Waals surface area contributed by atoms with Gasteiger partial charge >= 0.3 is 0 Å². The standard InChI is InChI=1S/C32H35N5/c1-6-25(37-29-12-14-33-20-27(29)28-21-34-15-13-30(28)37)19-26(23(4)5)31(18-22(2)3)36-17-16-35-32(36)24-10-8-7-9-11-24/h7-23,25H,6H2,1-5H3/b26-19-,31-18-. The number of pyridine rings is 2. The molecular weight excluding hydrogens is 454 g/mol. The molecule has 0 saturated heterocycles. The molecule has 0 N–H and O–H groups in total. The monoisotopic (exact) mass is 489 g/mol. The molecule has 0 spiro atoms. The predicted molar refractivity (Wildman–Crippen MR) is 154 cm³/mol. The third-order valence-corrected chi connectivity index (χ3v) is 6.87. The van der Waals surface area contributed by atoms with Gasteiger partial charge in [0.15, 0.2) is 0 Å². The summed E-state index contributed by atoms with van der Waals surface area (Å²) in [5.74, 6) is 1.66. The van der Waals surface area contributed by atoms with Crippen LogP contribution < -0.4 is 0 Å². The van der Waals surface area contributed by atoms with E-state index in [9.17, 15) is 0 Å². The number of aromatic nitrogens is 5. The summed E-state index contributed by atoms with van der Waals surface area (Å²) in [5.41, 5.74) is 6.00. The Kier molecular flexibility index (Phi) is 7.04. The van der Waals surface area contributed by atoms with Crippen molar-refractivity contribution >= 4 is 27.5 Å². The van der Waals surface area contributed by atoms with Crippen LogP contribution in [0.25, 0.3) is 38.9 Å². The number of benzene rings is 1. The molecule has 5 aromatic rings. The van der Waals surface area contributed by atoms with E-state index < -0.39 is 0 Å². The van der Waals surface area contributed by atoms with Crippen LogP contribution in [0.5, 0.6) is 0 Å². The maximum absolute atomic E-state index is 4.76. The van der Waals surface area contributed by atoms with E-state index in [1.807, 2.05) is 37.1 Å². The molecule has 0 bridgehead atoms. The van der Waals surface area contributed by atoms with Gasteiger partial charge in [0.1, 0.15) is 5.82 Å². The van der Waals surface area contributed by atoms with E-state index in [0.29, 0.717) is 11.8 Å². The van der Waals surface area contributed by atoms with E-state index >= 15 is 0 Å². The number of rotatable bonds is 8. The van der Waals surface area contributed by atoms with Crippen LogP contribution in [-0.4, -0.2) is 24.1 Å². The molecule has 0 fully saturated rings. The minimum absolute atomic E-state index is 0.168. The maximum atomic E-state index is 4.76. The van der Waals surface area contributed by atoms with Gasteiger partial charge in [0.25, 0.3) is 0 Å². The van der Waals surface area contributed by atoms with E-state index in [0.717, 1.165) is 28.6 Å². The molecule has 4 aromatic heterocycles. The van der Waals surface area contributed by atoms with E-state index in [1.54, 1.807) is 0 Å². The Morgan fingerprint density at radius 3 is 2.05 bits per heavy atom. The Hall–Kier alpha value is -3.99. The van der Waals surface area contributed by atoms with Crippen LogP contribution in [0.1, 0.15) is 47.1 Å². The Labute approximate surface area is 219 Å². The van der Waals surface area contributed by atoms with Gasteiger partial charge in [0.2, 0.25) is 0 Å². The summed E-state index contributed by atoms with van der Waals surface area (Å²) in [7, 11) is 0. The minimum Gasteiger partial charge on any atom is -0.333 e. The first kappa shape index (κ1) is 24.7. The average Bonchev–Trinajstić information content (AvgIpc) is 3.52. The quantitative estimate of drug-likeness (QED) is 0.206. The van der Waals surface area contributed by atoms with Crippen LogP contribution in [0.4, 0.5) is 0 Å². The zero-order chi connectivity index (χ0) is 25.9. The predicted octanol–water partition coefficient (Wildman–Crippen LogP) is 8.18. The Morgan fingerprint density at radius 1 is 0.838 bits per heavy atom. The summed E-state index contributed by atoms with van der Waals surface area (Å²) in [5, 5.41) is 2.28. The molecule has 0 saturated carbocycles. The van der Waals surface area contributed by atoms with E-state index in [-0.39, 0.29) is 6.04 Å². The first-order valence-corrected chi connectivity index (χ1v) is 13.2. The second-order valence-corrected chi connectivity index (χ2v) is 10.2. The summed E-state index contributed by atoms with van der Waals surface area (Å²) < 4.78 is 4.71. The first-order chi connectivity index (χ1) is 18.0. The number of hydrogen-bond donors (Lipinski definition) is 0. The molecule has 0 amide bonds. The molecule has 1 aromatic carbocycles. The van der Waals surface area contributed by atoms with Crippen molar-refractivity contribution < 1.29 is 0 Å². The highest BCUT2D eigenvalue weighted by atomic mass is 15.1. The second-order valence-electron chi connectivity index (χ2n) is 10.2. The molecule has 5 heteroatoms. The first-order valence-electron chi connectivity index (χ1n) is 13.2. The lowest BCUT2D eigenvalue weighted by atomic mass is 9.94. The molecule has 0 aliphatic rings. The molecule has 188 valence electrons. The smallest absolute Gasteiger partial charge is 0.144 e. The van der Waals surface area contributed by atoms with Gasteiger partial charge in [-0.3, -0.25) is 14.5 Å². The van der Waals surface area contributed by atoms with Crippen molar-refractivity contribution in [2.75, 3.05) is 0 Å². The summed E-state index contributed by atoms with van der Waals surface area (Å²) in [6.45, 7) is 11.3. The fraction of sp³-hybridized carbons (Fsp3) is 0.281. The lowest BCUT2D eigenvalue weighted by Crippen LogP contribution is -2.12. The molecule has 1 atom stereocenters. The van der Waals surface area contributed by atoms with Gasteiger partial charge in [-0.1, -0.05) is 77.1 Å². The molecule has 0 aliphatic carbocycles. The molecule has 37 heavy (non-hydrogen) atoms. The molecule has 0 radical (unpaired) electrons. The third-order valence-electron chi connectivity index (χ3n) is 6.87. The Balaban J connectivity index is 1.71. The van der Waals surface area contributed by atoms with Gasteiger partial charge in [0, 0.05) is 59.2 Å². The number of fused-ring (bicyclic) bond motifs is 3. The highest BCUT2D eigenvalue weighted by Crippen LogP contribution is 2.36. The largest absolute Gasteiger partial charge is 0.333 e. The van der Waals surface area contributed by atoms with E-state index in [4.69, 9.17) is 4.98 Å². The highest BCUT2D eigenvalue weighted by molar-refractivity contribution is 6.07. The van der Waals surface area contributed by atoms with Gasteiger partial charge in [-0.2, -0.15) is 0 Å². The number of hydrogen-bond acceptors (Lipinski definition) is 3. The Bertz CT molecular complexity index is 1510. The average molecular weight is 490 g/mol. The topological polar surface area (TPSA) is 48.5 Å². The van der Waals surface area contributed by atoms with Crippen molar-refractivity contribution in [3.05, 3.63) is 97.4 Å². The molecule has 5 rings (SSSR count). The van der Waals surface area contributed by atoms with Gasteiger partial charge in [-0.15, -0.1) is 0 Å². The van der Waals surface area contributed by atoms with E-state index in [2.05, 4.69) is 108 Å². The molecule has 1 unspecified atom stereocenters. The number of nitrogens with zero attached hydrogens (tertiary/aromatic N) is 5. The fourth-order valence-corrected chi connectivity index (χ4v) is 5.18. The van der Waals surface area contributed by atoms with E-state index in [1.165, 1.54) is 22.3 Å². The maximum Gasteiger partial charge on any atom is 0.144 e. The third kappa shape index (κ3) is 4.74. The fourth-order valence-electron chi connectivity index (χ4n) is 5.18. The Morgan fingerprint density at radius 2 is 1.49 bits per heavy atom. The summed E-state index contributed by atoms with van der Waals surface area (Å²) in [6.07, 6.45) is 17.5. The van der Waals surface area contributed by atoms with Gasteiger partial charge in [-0.05, 0) is 36.0 Å². The second kappa shape index (κ2) is 10.6. The van der Waals surface area contributed by atoms with Crippen LogP contribution in [0.2, 0.25) is 0 Å². The van der Waals surface area contributed by atoms with Gasteiger partial charge < -0.3 is 4.57 Å². The zero-order valence-corrected chi connectivity index (χ0v) is 22.3. The van der Waals surface area contributed by atoms with Crippen LogP contribution in [0, 0.1) is 11.8 Å². The van der Waals surface area contributed by atoms with Gasteiger partial charge in [0.05, 0.1) is 17.1 Å². The summed E-state index contributed by atoms with van der Waals surface area (Å²) in [4.78, 5) is 13.6. The lowest BCUT2D eigenvalue weighted by molar-refractivity contribution is 0.609. The van der Waals surface area contributed by atoms with Crippen molar-refractivity contribution in [1.82, 2.24) is 24.1 Å². The highest BCUT2D eigenvalue weighted by Gasteiger charge is 2.21. The van der Waals surface area contributed by atoms with Crippen molar-refractivity contribution in [1.29, 1.82) is 0 Å². The molecule has 5 nitrogen and oxygen atoms in total. The molecule has 0 aliphatic heterocycles. The summed E-state index contributed by atoms with van der Waals surface area (Å²) in [6, 6.07) is 14.8. The molecule has 4 heterocycles.